The summed E-state index contributed by atoms with van der Waals surface area (Å²) in [5, 5.41) is 19.2. The van der Waals surface area contributed by atoms with Crippen molar-refractivity contribution < 1.29 is 19.7 Å². The quantitative estimate of drug-likeness (QED) is 0.801. The first-order chi connectivity index (χ1) is 8.28. The molecular weight excluding hydrogens is 232 g/mol. The van der Waals surface area contributed by atoms with Crippen molar-refractivity contribution in [3.05, 3.63) is 28.3 Å². The van der Waals surface area contributed by atoms with Crippen molar-refractivity contribution in [1.82, 2.24) is 0 Å². The highest BCUT2D eigenvalue weighted by atomic mass is 16.5. The van der Waals surface area contributed by atoms with Crippen molar-refractivity contribution in [2.24, 2.45) is 0 Å². The van der Waals surface area contributed by atoms with Crippen LogP contribution in [0, 0.1) is 20.8 Å². The first-order valence-corrected chi connectivity index (χ1v) is 5.72. The number of aliphatic carboxylic acids is 1. The Labute approximate surface area is 106 Å². The highest BCUT2D eigenvalue weighted by molar-refractivity contribution is 5.85. The van der Waals surface area contributed by atoms with E-state index in [4.69, 9.17) is 4.74 Å². The first-order valence-electron chi connectivity index (χ1n) is 5.72. The second-order valence-electron chi connectivity index (χ2n) is 4.81. The number of aromatic hydroxyl groups is 1. The van der Waals surface area contributed by atoms with Gasteiger partial charge in [0.25, 0.3) is 0 Å². The summed E-state index contributed by atoms with van der Waals surface area (Å²) in [5.41, 5.74) is 1.58. The molecule has 0 aromatic heterocycles. The fraction of sp³-hybridized carbons (Fsp3) is 0.357. The van der Waals surface area contributed by atoms with Crippen molar-refractivity contribution >= 4 is 12.0 Å². The van der Waals surface area contributed by atoms with Crippen molar-refractivity contribution in [2.75, 3.05) is 0 Å². The summed E-state index contributed by atoms with van der Waals surface area (Å²) >= 11 is 0. The van der Waals surface area contributed by atoms with Crippen molar-refractivity contribution in [3.8, 4) is 11.5 Å². The van der Waals surface area contributed by atoms with Gasteiger partial charge in [-0.15, -0.1) is 0 Å². The Morgan fingerprint density at radius 1 is 1.22 bits per heavy atom. The van der Waals surface area contributed by atoms with Gasteiger partial charge in [-0.2, -0.15) is 0 Å². The molecule has 1 aliphatic heterocycles. The second kappa shape index (κ2) is 3.77. The molecule has 1 aliphatic rings. The van der Waals surface area contributed by atoms with Gasteiger partial charge in [0.1, 0.15) is 11.5 Å². The van der Waals surface area contributed by atoms with Crippen molar-refractivity contribution in [2.45, 2.75) is 33.3 Å². The zero-order chi connectivity index (χ0) is 13.7. The summed E-state index contributed by atoms with van der Waals surface area (Å²) in [6.07, 6.45) is 3.20. The Hall–Kier alpha value is -1.97. The average molecular weight is 248 g/mol. The Bertz CT molecular complexity index is 572. The first kappa shape index (κ1) is 12.5. The third-order valence-corrected chi connectivity index (χ3v) is 3.57. The van der Waals surface area contributed by atoms with E-state index in [-0.39, 0.29) is 5.75 Å². The molecule has 1 aromatic rings. The molecule has 0 saturated carbocycles. The lowest BCUT2D eigenvalue weighted by atomic mass is 9.92. The summed E-state index contributed by atoms with van der Waals surface area (Å²) in [6.45, 7) is 6.90. The molecule has 2 N–H and O–H groups in total. The standard InChI is InChI=1S/C14H16O4/c1-7-8(2)12-10(9(3)11(7)15)5-6-14(4,18-12)13(16)17/h5-6,15H,1-4H3,(H,16,17). The smallest absolute Gasteiger partial charge is 0.351 e. The van der Waals surface area contributed by atoms with Gasteiger partial charge in [0.05, 0.1) is 0 Å². The molecule has 0 amide bonds. The number of phenolic OH excluding ortho intramolecular Hbond substituents is 1. The molecule has 1 atom stereocenters. The maximum absolute atomic E-state index is 11.2. The van der Waals surface area contributed by atoms with Gasteiger partial charge in [-0.3, -0.25) is 0 Å². The lowest BCUT2D eigenvalue weighted by Crippen LogP contribution is -2.41. The van der Waals surface area contributed by atoms with E-state index in [1.165, 1.54) is 13.0 Å². The lowest BCUT2D eigenvalue weighted by molar-refractivity contribution is -0.149. The average Bonchev–Trinajstić information content (AvgIpc) is 2.33. The van der Waals surface area contributed by atoms with E-state index in [2.05, 4.69) is 0 Å². The van der Waals surface area contributed by atoms with E-state index < -0.39 is 11.6 Å². The summed E-state index contributed by atoms with van der Waals surface area (Å²) in [7, 11) is 0. The van der Waals surface area contributed by atoms with Gasteiger partial charge in [-0.1, -0.05) is 6.08 Å². The number of carbonyl (C=O) groups is 1. The SMILES string of the molecule is Cc1c(C)c2c(c(C)c1O)C=CC(C)(C(=O)O)O2. The van der Waals surface area contributed by atoms with Crippen LogP contribution in [0.3, 0.4) is 0 Å². The van der Waals surface area contributed by atoms with Crippen LogP contribution in [-0.4, -0.2) is 21.8 Å². The van der Waals surface area contributed by atoms with Crippen LogP contribution in [0.1, 0.15) is 29.2 Å². The molecule has 1 aromatic carbocycles. The third-order valence-electron chi connectivity index (χ3n) is 3.57. The normalized spacial score (nSPS) is 21.3. The topological polar surface area (TPSA) is 66.8 Å². The molecule has 1 heterocycles. The maximum Gasteiger partial charge on any atom is 0.351 e. The number of hydrogen-bond acceptors (Lipinski definition) is 3. The van der Waals surface area contributed by atoms with Crippen LogP contribution in [0.4, 0.5) is 0 Å². The van der Waals surface area contributed by atoms with Crippen LogP contribution < -0.4 is 4.74 Å². The fourth-order valence-electron chi connectivity index (χ4n) is 2.06. The molecular formula is C14H16O4. The number of hydrogen-bond donors (Lipinski definition) is 2. The van der Waals surface area contributed by atoms with Crippen LogP contribution >= 0.6 is 0 Å². The summed E-state index contributed by atoms with van der Waals surface area (Å²) in [5.74, 6) is -0.263. The second-order valence-corrected chi connectivity index (χ2v) is 4.81. The van der Waals surface area contributed by atoms with Gasteiger partial charge in [0.2, 0.25) is 5.60 Å². The van der Waals surface area contributed by atoms with Crippen molar-refractivity contribution in [3.63, 3.8) is 0 Å². The van der Waals surface area contributed by atoms with E-state index in [1.807, 2.05) is 6.92 Å². The number of ether oxygens (including phenoxy) is 1. The van der Waals surface area contributed by atoms with Gasteiger partial charge < -0.3 is 14.9 Å². The maximum atomic E-state index is 11.2. The Balaban J connectivity index is 2.69. The molecule has 4 nitrogen and oxygen atoms in total. The van der Waals surface area contributed by atoms with Gasteiger partial charge in [-0.05, 0) is 44.9 Å². The molecule has 0 saturated heterocycles. The highest BCUT2D eigenvalue weighted by Crippen LogP contribution is 2.42. The van der Waals surface area contributed by atoms with Crippen LogP contribution in [0.25, 0.3) is 6.08 Å². The zero-order valence-corrected chi connectivity index (χ0v) is 10.9. The fourth-order valence-corrected chi connectivity index (χ4v) is 2.06. The number of benzene rings is 1. The monoisotopic (exact) mass is 248 g/mol. The minimum Gasteiger partial charge on any atom is -0.507 e. The van der Waals surface area contributed by atoms with Gasteiger partial charge in [0.15, 0.2) is 0 Å². The van der Waals surface area contributed by atoms with Crippen LogP contribution in [0.15, 0.2) is 6.08 Å². The Kier molecular flexibility index (Phi) is 2.61. The predicted octanol–water partition coefficient (Wildman–Crippen LogP) is 2.57. The third kappa shape index (κ3) is 1.56. The predicted molar refractivity (Wildman–Crippen MR) is 68.0 cm³/mol. The number of carboxylic acid groups (broad SMARTS) is 1. The van der Waals surface area contributed by atoms with Gasteiger partial charge >= 0.3 is 5.97 Å². The number of carboxylic acids is 1. The van der Waals surface area contributed by atoms with E-state index in [1.54, 1.807) is 19.9 Å². The Morgan fingerprint density at radius 3 is 2.39 bits per heavy atom. The molecule has 4 heteroatoms. The summed E-state index contributed by atoms with van der Waals surface area (Å²) in [4.78, 5) is 11.2. The van der Waals surface area contributed by atoms with E-state index in [0.717, 1.165) is 11.1 Å². The molecule has 2 rings (SSSR count). The number of fused-ring (bicyclic) bond motifs is 1. The highest BCUT2D eigenvalue weighted by Gasteiger charge is 2.37. The largest absolute Gasteiger partial charge is 0.507 e. The molecule has 0 bridgehead atoms. The van der Waals surface area contributed by atoms with Crippen molar-refractivity contribution in [1.29, 1.82) is 0 Å². The molecule has 96 valence electrons. The van der Waals surface area contributed by atoms with E-state index in [0.29, 0.717) is 16.9 Å². The van der Waals surface area contributed by atoms with E-state index in [9.17, 15) is 15.0 Å². The lowest BCUT2D eigenvalue weighted by Gasteiger charge is -2.30. The van der Waals surface area contributed by atoms with Gasteiger partial charge in [0, 0.05) is 11.1 Å². The molecule has 1 unspecified atom stereocenters. The zero-order valence-electron chi connectivity index (χ0n) is 10.9. The molecule has 0 radical (unpaired) electrons. The molecule has 0 fully saturated rings. The minimum atomic E-state index is -1.35. The van der Waals surface area contributed by atoms with Crippen LogP contribution in [0.2, 0.25) is 0 Å². The molecule has 0 spiro atoms. The number of phenols is 1. The minimum absolute atomic E-state index is 0.235. The molecule has 0 aliphatic carbocycles. The Morgan fingerprint density at radius 2 is 1.83 bits per heavy atom. The van der Waals surface area contributed by atoms with Gasteiger partial charge in [-0.25, -0.2) is 4.79 Å². The van der Waals surface area contributed by atoms with Crippen LogP contribution in [0.5, 0.6) is 11.5 Å². The van der Waals surface area contributed by atoms with Crippen LogP contribution in [-0.2, 0) is 4.79 Å². The number of rotatable bonds is 1. The summed E-state index contributed by atoms with van der Waals surface area (Å²) < 4.78 is 5.63. The van der Waals surface area contributed by atoms with E-state index >= 15 is 0 Å². The molecule has 18 heavy (non-hydrogen) atoms. The summed E-state index contributed by atoms with van der Waals surface area (Å²) in [6, 6.07) is 0.